The Labute approximate surface area is 163 Å². The third-order valence-corrected chi connectivity index (χ3v) is 4.40. The molecule has 2 aromatic heterocycles. The average molecular weight is 433 g/mol. The predicted octanol–water partition coefficient (Wildman–Crippen LogP) is 4.17. The number of imidazole rings is 1. The first-order valence-corrected chi connectivity index (χ1v) is 9.88. The van der Waals surface area contributed by atoms with E-state index in [4.69, 9.17) is 4.74 Å². The highest BCUT2D eigenvalue weighted by atomic mass is 79.9. The van der Waals surface area contributed by atoms with Crippen molar-refractivity contribution < 1.29 is 4.74 Å². The van der Waals surface area contributed by atoms with E-state index < -0.39 is 0 Å². The molecule has 0 bridgehead atoms. The van der Waals surface area contributed by atoms with Crippen molar-refractivity contribution >= 4 is 44.1 Å². The number of rotatable bonds is 4. The maximum Gasteiger partial charge on any atom is 0.334 e. The molecular weight excluding hydrogens is 416 g/mol. The molecular formula is C18H17BrN4O2S. The SMILES string of the molecule is C=C(Br)N=C(Oc1ccc(-n2c(=O)n(CC)c3cccnc32)cc1)SC. The van der Waals surface area contributed by atoms with E-state index in [0.29, 0.717) is 27.8 Å². The van der Waals surface area contributed by atoms with Crippen LogP contribution in [-0.4, -0.2) is 25.6 Å². The fraction of sp³-hybridized carbons (Fsp3) is 0.167. The van der Waals surface area contributed by atoms with E-state index in [1.165, 1.54) is 11.8 Å². The van der Waals surface area contributed by atoms with Gasteiger partial charge >= 0.3 is 5.69 Å². The second-order valence-electron chi connectivity index (χ2n) is 5.26. The summed E-state index contributed by atoms with van der Waals surface area (Å²) >= 11 is 4.56. The topological polar surface area (TPSA) is 61.4 Å². The first-order chi connectivity index (χ1) is 12.5. The summed E-state index contributed by atoms with van der Waals surface area (Å²) in [5, 5.41) is 0.473. The van der Waals surface area contributed by atoms with Gasteiger partial charge < -0.3 is 4.74 Å². The number of thioether (sulfide) groups is 1. The molecule has 0 aliphatic rings. The van der Waals surface area contributed by atoms with Crippen molar-refractivity contribution in [1.29, 1.82) is 0 Å². The Bertz CT molecular complexity index is 1040. The van der Waals surface area contributed by atoms with Gasteiger partial charge in [-0.05, 0) is 65.5 Å². The molecule has 0 fully saturated rings. The van der Waals surface area contributed by atoms with Gasteiger partial charge in [0.15, 0.2) is 5.65 Å². The van der Waals surface area contributed by atoms with Crippen LogP contribution in [0.3, 0.4) is 0 Å². The van der Waals surface area contributed by atoms with Crippen LogP contribution >= 0.6 is 27.7 Å². The standard InChI is InChI=1S/C18H17BrN4O2S/c1-4-22-15-6-5-11-20-16(15)23(18(22)24)13-7-9-14(10-8-13)25-17(26-3)21-12(2)19/h5-11H,2,4H2,1,3H3. The lowest BCUT2D eigenvalue weighted by Gasteiger charge is -2.08. The van der Waals surface area contributed by atoms with Crippen molar-refractivity contribution in [1.82, 2.24) is 14.1 Å². The Kier molecular flexibility index (Phi) is 5.63. The molecule has 0 N–H and O–H groups in total. The Hall–Kier alpha value is -2.32. The number of fused-ring (bicyclic) bond motifs is 1. The van der Waals surface area contributed by atoms with Crippen LogP contribution in [0.15, 0.2) is 63.6 Å². The second kappa shape index (κ2) is 7.92. The summed E-state index contributed by atoms with van der Waals surface area (Å²) in [4.78, 5) is 21.3. The van der Waals surface area contributed by atoms with Gasteiger partial charge in [0.1, 0.15) is 10.4 Å². The molecule has 134 valence electrons. The molecule has 8 heteroatoms. The van der Waals surface area contributed by atoms with Gasteiger partial charge in [0, 0.05) is 12.7 Å². The Balaban J connectivity index is 2.00. The number of aromatic nitrogens is 3. The quantitative estimate of drug-likeness (QED) is 0.352. The first kappa shape index (κ1) is 18.5. The smallest absolute Gasteiger partial charge is 0.334 e. The van der Waals surface area contributed by atoms with E-state index >= 15 is 0 Å². The third-order valence-electron chi connectivity index (χ3n) is 3.69. The van der Waals surface area contributed by atoms with E-state index in [-0.39, 0.29) is 5.69 Å². The Morgan fingerprint density at radius 1 is 1.35 bits per heavy atom. The van der Waals surface area contributed by atoms with E-state index in [9.17, 15) is 4.79 Å². The molecule has 0 atom stereocenters. The first-order valence-electron chi connectivity index (χ1n) is 7.86. The molecule has 0 unspecified atom stereocenters. The lowest BCUT2D eigenvalue weighted by molar-refractivity contribution is 0.566. The van der Waals surface area contributed by atoms with Gasteiger partial charge in [-0.15, -0.1) is 0 Å². The van der Waals surface area contributed by atoms with Gasteiger partial charge in [0.2, 0.25) is 0 Å². The summed E-state index contributed by atoms with van der Waals surface area (Å²) in [6, 6.07) is 11.0. The maximum atomic E-state index is 12.8. The van der Waals surface area contributed by atoms with Crippen molar-refractivity contribution in [3.63, 3.8) is 0 Å². The second-order valence-corrected chi connectivity index (χ2v) is 6.94. The molecule has 0 spiro atoms. The van der Waals surface area contributed by atoms with Crippen LogP contribution in [0.25, 0.3) is 16.9 Å². The van der Waals surface area contributed by atoms with Crippen LogP contribution in [0.4, 0.5) is 0 Å². The van der Waals surface area contributed by atoms with Crippen LogP contribution in [0.5, 0.6) is 5.75 Å². The van der Waals surface area contributed by atoms with Crippen LogP contribution in [-0.2, 0) is 6.54 Å². The summed E-state index contributed by atoms with van der Waals surface area (Å²) in [5.41, 5.74) is 2.06. The van der Waals surface area contributed by atoms with E-state index in [0.717, 1.165) is 11.2 Å². The number of hydrogen-bond acceptors (Lipinski definition) is 5. The highest BCUT2D eigenvalue weighted by Gasteiger charge is 2.14. The Morgan fingerprint density at radius 2 is 2.08 bits per heavy atom. The minimum Gasteiger partial charge on any atom is -0.434 e. The molecule has 1 aromatic carbocycles. The minimum atomic E-state index is -0.114. The van der Waals surface area contributed by atoms with Gasteiger partial charge in [-0.1, -0.05) is 18.3 Å². The third kappa shape index (κ3) is 3.61. The number of nitrogens with zero attached hydrogens (tertiary/aromatic N) is 4. The van der Waals surface area contributed by atoms with Crippen LogP contribution in [0.1, 0.15) is 6.92 Å². The molecule has 6 nitrogen and oxygen atoms in total. The van der Waals surface area contributed by atoms with Crippen molar-refractivity contribution in [3.05, 3.63) is 64.3 Å². The summed E-state index contributed by atoms with van der Waals surface area (Å²) in [7, 11) is 0. The van der Waals surface area contributed by atoms with Crippen LogP contribution < -0.4 is 10.4 Å². The van der Waals surface area contributed by atoms with Gasteiger partial charge in [-0.3, -0.25) is 4.57 Å². The molecule has 3 aromatic rings. The zero-order chi connectivity index (χ0) is 18.7. The maximum absolute atomic E-state index is 12.8. The Morgan fingerprint density at radius 3 is 2.69 bits per heavy atom. The molecule has 0 amide bonds. The van der Waals surface area contributed by atoms with Crippen LogP contribution in [0.2, 0.25) is 0 Å². The zero-order valence-electron chi connectivity index (χ0n) is 14.3. The number of ether oxygens (including phenoxy) is 1. The number of aryl methyl sites for hydroxylation is 1. The molecule has 3 rings (SSSR count). The van der Waals surface area contributed by atoms with Gasteiger partial charge in [-0.25, -0.2) is 19.3 Å². The van der Waals surface area contributed by atoms with Crippen molar-refractivity contribution in [2.24, 2.45) is 4.99 Å². The summed E-state index contributed by atoms with van der Waals surface area (Å²) < 4.78 is 9.52. The normalized spacial score (nSPS) is 11.7. The minimum absolute atomic E-state index is 0.114. The molecule has 0 radical (unpaired) electrons. The van der Waals surface area contributed by atoms with E-state index in [2.05, 4.69) is 32.5 Å². The summed E-state index contributed by atoms with van der Waals surface area (Å²) in [5.74, 6) is 0.621. The number of pyridine rings is 1. The van der Waals surface area contributed by atoms with Crippen molar-refractivity contribution in [3.8, 4) is 11.4 Å². The number of halogens is 1. The molecule has 2 heterocycles. The number of benzene rings is 1. The molecule has 0 saturated heterocycles. The summed E-state index contributed by atoms with van der Waals surface area (Å²) in [6.45, 7) is 6.20. The lowest BCUT2D eigenvalue weighted by Crippen LogP contribution is -2.22. The van der Waals surface area contributed by atoms with E-state index in [1.54, 1.807) is 27.5 Å². The highest BCUT2D eigenvalue weighted by molar-refractivity contribution is 9.11. The molecule has 26 heavy (non-hydrogen) atoms. The molecule has 0 aliphatic carbocycles. The van der Waals surface area contributed by atoms with Gasteiger partial charge in [-0.2, -0.15) is 0 Å². The highest BCUT2D eigenvalue weighted by Crippen LogP contribution is 2.20. The van der Waals surface area contributed by atoms with Crippen LogP contribution in [0, 0.1) is 0 Å². The predicted molar refractivity (Wildman–Crippen MR) is 111 cm³/mol. The van der Waals surface area contributed by atoms with Crippen molar-refractivity contribution in [2.75, 3.05) is 6.26 Å². The van der Waals surface area contributed by atoms with Gasteiger partial charge in [0.05, 0.1) is 11.2 Å². The van der Waals surface area contributed by atoms with E-state index in [1.807, 2.05) is 37.4 Å². The van der Waals surface area contributed by atoms with Crippen molar-refractivity contribution in [2.45, 2.75) is 13.5 Å². The largest absolute Gasteiger partial charge is 0.434 e. The van der Waals surface area contributed by atoms with Gasteiger partial charge in [0.25, 0.3) is 5.23 Å². The zero-order valence-corrected chi connectivity index (χ0v) is 16.7. The fourth-order valence-electron chi connectivity index (χ4n) is 2.60. The monoisotopic (exact) mass is 432 g/mol. The lowest BCUT2D eigenvalue weighted by atomic mass is 10.3. The average Bonchev–Trinajstić information content (AvgIpc) is 2.92. The number of aliphatic imine (C=N–C) groups is 1. The fourth-order valence-corrected chi connectivity index (χ4v) is 3.26. The molecule has 0 aliphatic heterocycles. The molecule has 0 saturated carbocycles. The summed E-state index contributed by atoms with van der Waals surface area (Å²) in [6.07, 6.45) is 3.55. The number of hydrogen-bond donors (Lipinski definition) is 0.